The second-order valence-electron chi connectivity index (χ2n) is 16.3. The van der Waals surface area contributed by atoms with Crippen LogP contribution < -0.4 is 27.4 Å². The fourth-order valence-corrected chi connectivity index (χ4v) is 5.55. The predicted octanol–water partition coefficient (Wildman–Crippen LogP) is 4.06. The fraction of sp³-hybridized carbons (Fsp3) is 0.596. The van der Waals surface area contributed by atoms with Crippen molar-refractivity contribution in [2.24, 2.45) is 11.5 Å². The number of ether oxygens (including phenoxy) is 7. The van der Waals surface area contributed by atoms with Crippen LogP contribution in [-0.4, -0.2) is 133 Å². The molecule has 0 fully saturated rings. The van der Waals surface area contributed by atoms with E-state index in [2.05, 4.69) is 40.2 Å². The van der Waals surface area contributed by atoms with Gasteiger partial charge in [0.25, 0.3) is 0 Å². The Hall–Kier alpha value is -5.63. The van der Waals surface area contributed by atoms with Crippen molar-refractivity contribution in [3.05, 3.63) is 59.7 Å². The molecule has 0 heterocycles. The molecule has 0 spiro atoms. The molecule has 5 amide bonds. The topological polar surface area (TPSA) is 272 Å². The fourth-order valence-electron chi connectivity index (χ4n) is 5.55. The van der Waals surface area contributed by atoms with Crippen LogP contribution >= 0.6 is 0 Å². The molecule has 7 N–H and O–H groups in total. The van der Waals surface area contributed by atoms with Crippen LogP contribution in [0.5, 0.6) is 0 Å². The number of primary amides is 2. The molecule has 2 aromatic carbocycles. The van der Waals surface area contributed by atoms with Crippen molar-refractivity contribution in [3.8, 4) is 11.1 Å². The molecule has 0 saturated heterocycles. The van der Waals surface area contributed by atoms with E-state index in [9.17, 15) is 33.6 Å². The van der Waals surface area contributed by atoms with Crippen molar-refractivity contribution >= 4 is 42.2 Å². The lowest BCUT2D eigenvalue weighted by Gasteiger charge is -2.19. The highest BCUT2D eigenvalue weighted by atomic mass is 16.6. The summed E-state index contributed by atoms with van der Waals surface area (Å²) in [5.41, 5.74) is 13.7. The smallest absolute Gasteiger partial charge is 0.406 e. The van der Waals surface area contributed by atoms with E-state index in [0.717, 1.165) is 0 Å². The first-order valence-corrected chi connectivity index (χ1v) is 22.0. The van der Waals surface area contributed by atoms with E-state index < -0.39 is 17.1 Å². The molecule has 0 aliphatic heterocycles. The minimum absolute atomic E-state index is 0.0769. The van der Waals surface area contributed by atoms with Gasteiger partial charge in [0.15, 0.2) is 0 Å². The second kappa shape index (κ2) is 35.6. The standard InChI is InChI=1S/C16H15NO2.C15H29NO5.C9H17NO3.C7H14N2O4/c1-17-16(18)19-10-15-13-8-4-2-6-11(13)12-7-3-5-9-14(12)15;1-5-19-11-12-20-10-9-16-13(17)7-6-8-14(18)21-15(2,3)4;1-9(2,3)13-8(12)6-4-5-7(10)11;8-7(11)5-13-4-3-12-2-1-9-6-10/h2-9,15H,10H2,1H3,(H,17,18);5-12H2,1-4H3,(H,16,17);4-6H2,1-3H3,(H2,10,11);6H,1-5H2,(H2,8,11)(H,9,10). The second-order valence-corrected chi connectivity index (χ2v) is 16.3. The normalized spacial score (nSPS) is 11.3. The van der Waals surface area contributed by atoms with Gasteiger partial charge in [-0.2, -0.15) is 0 Å². The van der Waals surface area contributed by atoms with Crippen molar-refractivity contribution in [1.29, 1.82) is 0 Å². The molecule has 372 valence electrons. The third kappa shape index (κ3) is 32.9. The summed E-state index contributed by atoms with van der Waals surface area (Å²) < 4.78 is 35.6. The number of carbonyl (C=O) groups is 7. The average molecular weight is 934 g/mol. The number of nitrogens with one attached hydrogen (secondary N) is 3. The molecule has 1 aliphatic rings. The summed E-state index contributed by atoms with van der Waals surface area (Å²) in [4.78, 5) is 75.6. The minimum Gasteiger partial charge on any atom is -0.460 e. The number of hydrogen-bond donors (Lipinski definition) is 5. The molecule has 19 heteroatoms. The van der Waals surface area contributed by atoms with E-state index in [1.54, 1.807) is 27.8 Å². The Labute approximate surface area is 390 Å². The number of amides is 5. The summed E-state index contributed by atoms with van der Waals surface area (Å²) in [6.45, 7) is 17.4. The Kier molecular flexibility index (Phi) is 32.6. The number of esters is 2. The van der Waals surface area contributed by atoms with Crippen LogP contribution in [0.15, 0.2) is 48.5 Å². The maximum absolute atomic E-state index is 11.5. The van der Waals surface area contributed by atoms with Crippen LogP contribution in [0.2, 0.25) is 0 Å². The minimum atomic E-state index is -0.498. The van der Waals surface area contributed by atoms with E-state index in [1.165, 1.54) is 22.3 Å². The first-order valence-electron chi connectivity index (χ1n) is 22.0. The van der Waals surface area contributed by atoms with Gasteiger partial charge >= 0.3 is 18.0 Å². The first kappa shape index (κ1) is 60.4. The van der Waals surface area contributed by atoms with Gasteiger partial charge in [0.2, 0.25) is 24.1 Å². The van der Waals surface area contributed by atoms with Gasteiger partial charge < -0.3 is 60.6 Å². The van der Waals surface area contributed by atoms with Crippen molar-refractivity contribution in [2.75, 3.05) is 79.6 Å². The number of fused-ring (bicyclic) bond motifs is 3. The Balaban J connectivity index is 0.000000874. The Morgan fingerprint density at radius 3 is 1.59 bits per heavy atom. The number of nitrogens with two attached hydrogens (primary N) is 2. The van der Waals surface area contributed by atoms with Gasteiger partial charge in [-0.3, -0.25) is 28.8 Å². The number of hydrogen-bond acceptors (Lipinski definition) is 14. The molecule has 0 atom stereocenters. The molecule has 2 aromatic rings. The van der Waals surface area contributed by atoms with Crippen molar-refractivity contribution in [2.45, 2.75) is 104 Å². The zero-order valence-corrected chi connectivity index (χ0v) is 40.2. The lowest BCUT2D eigenvalue weighted by molar-refractivity contribution is -0.156. The molecule has 0 radical (unpaired) electrons. The van der Waals surface area contributed by atoms with Gasteiger partial charge in [-0.05, 0) is 83.6 Å². The number of rotatable bonds is 26. The summed E-state index contributed by atoms with van der Waals surface area (Å²) in [5, 5.41) is 7.65. The SMILES string of the molecule is CC(C)(C)OC(=O)CCCC(N)=O.CCOCCOCCNC(=O)CCCC(=O)OC(C)(C)C.CNC(=O)OCC1c2ccccc2-c2ccccc21.NC(=O)COCCOCCNC=O. The predicted molar refractivity (Wildman–Crippen MR) is 248 cm³/mol. The monoisotopic (exact) mass is 934 g/mol. The third-order valence-electron chi connectivity index (χ3n) is 8.21. The number of alkyl carbamates (subject to hydrolysis) is 1. The van der Waals surface area contributed by atoms with E-state index in [4.69, 9.17) is 44.6 Å². The van der Waals surface area contributed by atoms with E-state index in [0.29, 0.717) is 91.6 Å². The van der Waals surface area contributed by atoms with Gasteiger partial charge in [-0.15, -0.1) is 0 Å². The van der Waals surface area contributed by atoms with Crippen LogP contribution in [0, 0.1) is 0 Å². The molecule has 0 bridgehead atoms. The van der Waals surface area contributed by atoms with Crippen LogP contribution in [0.1, 0.15) is 104 Å². The molecule has 66 heavy (non-hydrogen) atoms. The highest BCUT2D eigenvalue weighted by Gasteiger charge is 2.29. The number of carbonyl (C=O) groups excluding carboxylic acids is 7. The lowest BCUT2D eigenvalue weighted by atomic mass is 9.98. The molecular formula is C47H75N5O14. The molecule has 3 rings (SSSR count). The van der Waals surface area contributed by atoms with E-state index in [1.807, 2.05) is 52.0 Å². The zero-order chi connectivity index (χ0) is 49.8. The third-order valence-corrected chi connectivity index (χ3v) is 8.21. The Morgan fingerprint density at radius 2 is 1.12 bits per heavy atom. The highest BCUT2D eigenvalue weighted by Crippen LogP contribution is 2.44. The van der Waals surface area contributed by atoms with Gasteiger partial charge in [0.1, 0.15) is 24.4 Å². The zero-order valence-electron chi connectivity index (χ0n) is 40.2. The summed E-state index contributed by atoms with van der Waals surface area (Å²) in [7, 11) is 1.57. The number of benzene rings is 2. The van der Waals surface area contributed by atoms with E-state index in [-0.39, 0.29) is 61.6 Å². The summed E-state index contributed by atoms with van der Waals surface area (Å²) in [6.07, 6.45) is 2.23. The maximum Gasteiger partial charge on any atom is 0.406 e. The van der Waals surface area contributed by atoms with Crippen LogP contribution in [0.25, 0.3) is 11.1 Å². The average Bonchev–Trinajstić information content (AvgIpc) is 3.56. The van der Waals surface area contributed by atoms with Crippen LogP contribution in [-0.2, 0) is 61.9 Å². The van der Waals surface area contributed by atoms with Gasteiger partial charge in [-0.25, -0.2) is 4.79 Å². The summed E-state index contributed by atoms with van der Waals surface area (Å²) >= 11 is 0. The summed E-state index contributed by atoms with van der Waals surface area (Å²) in [5.74, 6) is -1.38. The van der Waals surface area contributed by atoms with Gasteiger partial charge in [0, 0.05) is 58.3 Å². The summed E-state index contributed by atoms with van der Waals surface area (Å²) in [6, 6.07) is 16.6. The van der Waals surface area contributed by atoms with Crippen molar-refractivity contribution in [3.63, 3.8) is 0 Å². The quantitative estimate of drug-likeness (QED) is 0.0386. The Bertz CT molecular complexity index is 1680. The van der Waals surface area contributed by atoms with Gasteiger partial charge in [0.05, 0.1) is 39.6 Å². The highest BCUT2D eigenvalue weighted by molar-refractivity contribution is 5.79. The van der Waals surface area contributed by atoms with E-state index >= 15 is 0 Å². The molecule has 0 unspecified atom stereocenters. The molecule has 1 aliphatic carbocycles. The van der Waals surface area contributed by atoms with Crippen LogP contribution in [0.3, 0.4) is 0 Å². The molecular weight excluding hydrogens is 859 g/mol. The Morgan fingerprint density at radius 1 is 0.636 bits per heavy atom. The molecule has 19 nitrogen and oxygen atoms in total. The molecule has 0 aromatic heterocycles. The molecule has 0 saturated carbocycles. The maximum atomic E-state index is 11.5. The largest absolute Gasteiger partial charge is 0.460 e. The van der Waals surface area contributed by atoms with Crippen molar-refractivity contribution < 1.29 is 66.7 Å². The van der Waals surface area contributed by atoms with Crippen LogP contribution in [0.4, 0.5) is 4.79 Å². The van der Waals surface area contributed by atoms with Gasteiger partial charge in [-0.1, -0.05) is 48.5 Å². The van der Waals surface area contributed by atoms with Crippen molar-refractivity contribution in [1.82, 2.24) is 16.0 Å². The lowest BCUT2D eigenvalue weighted by Crippen LogP contribution is -2.28. The first-order chi connectivity index (χ1) is 31.2.